The van der Waals surface area contributed by atoms with Crippen LogP contribution in [0.15, 0.2) is 48.5 Å². The van der Waals surface area contributed by atoms with Gasteiger partial charge in [0.25, 0.3) is 0 Å². The van der Waals surface area contributed by atoms with E-state index in [1.807, 2.05) is 0 Å². The SMILES string of the molecule is NNC(c1ccccc1F)c1ccccc1OC(F)(F)F. The predicted molar refractivity (Wildman–Crippen MR) is 68.7 cm³/mol. The summed E-state index contributed by atoms with van der Waals surface area (Å²) in [7, 11) is 0. The van der Waals surface area contributed by atoms with Crippen LogP contribution >= 0.6 is 0 Å². The molecule has 21 heavy (non-hydrogen) atoms. The zero-order valence-electron chi connectivity index (χ0n) is 10.7. The van der Waals surface area contributed by atoms with Gasteiger partial charge < -0.3 is 4.74 Å². The van der Waals surface area contributed by atoms with E-state index in [2.05, 4.69) is 10.2 Å². The summed E-state index contributed by atoms with van der Waals surface area (Å²) in [6.07, 6.45) is -4.84. The summed E-state index contributed by atoms with van der Waals surface area (Å²) < 4.78 is 55.0. The Morgan fingerprint density at radius 2 is 1.52 bits per heavy atom. The zero-order valence-corrected chi connectivity index (χ0v) is 10.7. The summed E-state index contributed by atoms with van der Waals surface area (Å²) in [4.78, 5) is 0. The van der Waals surface area contributed by atoms with Gasteiger partial charge >= 0.3 is 6.36 Å². The van der Waals surface area contributed by atoms with Crippen LogP contribution in [-0.4, -0.2) is 6.36 Å². The summed E-state index contributed by atoms with van der Waals surface area (Å²) in [5.41, 5.74) is 2.52. The first-order chi connectivity index (χ1) is 9.92. The summed E-state index contributed by atoms with van der Waals surface area (Å²) >= 11 is 0. The van der Waals surface area contributed by atoms with E-state index in [0.29, 0.717) is 0 Å². The number of ether oxygens (including phenoxy) is 1. The van der Waals surface area contributed by atoms with Crippen LogP contribution in [0.1, 0.15) is 17.2 Å². The van der Waals surface area contributed by atoms with Crippen LogP contribution in [-0.2, 0) is 0 Å². The predicted octanol–water partition coefficient (Wildman–Crippen LogP) is 3.28. The molecule has 0 radical (unpaired) electrons. The lowest BCUT2D eigenvalue weighted by molar-refractivity contribution is -0.275. The minimum absolute atomic E-state index is 0.0856. The second kappa shape index (κ2) is 6.11. The fraction of sp³-hybridized carbons (Fsp3) is 0.143. The van der Waals surface area contributed by atoms with Crippen LogP contribution in [0.25, 0.3) is 0 Å². The molecule has 0 aliphatic rings. The van der Waals surface area contributed by atoms with Crippen molar-refractivity contribution in [3.05, 3.63) is 65.5 Å². The van der Waals surface area contributed by atoms with Gasteiger partial charge in [-0.05, 0) is 12.1 Å². The van der Waals surface area contributed by atoms with Crippen molar-refractivity contribution in [3.63, 3.8) is 0 Å². The number of rotatable bonds is 4. The molecule has 7 heteroatoms. The van der Waals surface area contributed by atoms with Crippen LogP contribution in [0.3, 0.4) is 0 Å². The van der Waals surface area contributed by atoms with Crippen LogP contribution in [0.2, 0.25) is 0 Å². The summed E-state index contributed by atoms with van der Waals surface area (Å²) in [6, 6.07) is 10.2. The van der Waals surface area contributed by atoms with Gasteiger partial charge in [-0.15, -0.1) is 13.2 Å². The first-order valence-electron chi connectivity index (χ1n) is 5.97. The second-order valence-electron chi connectivity index (χ2n) is 4.21. The number of halogens is 4. The Morgan fingerprint density at radius 3 is 2.10 bits per heavy atom. The molecule has 0 aromatic heterocycles. The number of benzene rings is 2. The van der Waals surface area contributed by atoms with Crippen molar-refractivity contribution >= 4 is 0 Å². The molecule has 0 bridgehead atoms. The summed E-state index contributed by atoms with van der Waals surface area (Å²) in [6.45, 7) is 0. The lowest BCUT2D eigenvalue weighted by atomic mass is 9.98. The third kappa shape index (κ3) is 3.71. The topological polar surface area (TPSA) is 47.3 Å². The molecule has 1 unspecified atom stereocenters. The first kappa shape index (κ1) is 15.3. The molecule has 3 N–H and O–H groups in total. The lowest BCUT2D eigenvalue weighted by Crippen LogP contribution is -2.30. The summed E-state index contributed by atoms with van der Waals surface area (Å²) in [5, 5.41) is 0. The van der Waals surface area contributed by atoms with E-state index in [0.717, 1.165) is 6.07 Å². The third-order valence-corrected chi connectivity index (χ3v) is 2.84. The van der Waals surface area contributed by atoms with Gasteiger partial charge in [-0.25, -0.2) is 9.82 Å². The van der Waals surface area contributed by atoms with Gasteiger partial charge in [-0.3, -0.25) is 5.84 Å². The molecule has 2 aromatic carbocycles. The maximum atomic E-state index is 13.8. The quantitative estimate of drug-likeness (QED) is 0.517. The fourth-order valence-corrected chi connectivity index (χ4v) is 1.99. The molecule has 0 aliphatic carbocycles. The van der Waals surface area contributed by atoms with E-state index < -0.39 is 24.0 Å². The molecular formula is C14H12F4N2O. The van der Waals surface area contributed by atoms with E-state index in [1.165, 1.54) is 36.4 Å². The van der Waals surface area contributed by atoms with Crippen LogP contribution < -0.4 is 16.0 Å². The highest BCUT2D eigenvalue weighted by Crippen LogP contribution is 2.33. The first-order valence-corrected chi connectivity index (χ1v) is 5.97. The van der Waals surface area contributed by atoms with Crippen molar-refractivity contribution in [2.24, 2.45) is 5.84 Å². The van der Waals surface area contributed by atoms with Crippen molar-refractivity contribution in [1.29, 1.82) is 0 Å². The maximum Gasteiger partial charge on any atom is 0.573 e. The van der Waals surface area contributed by atoms with E-state index in [9.17, 15) is 17.6 Å². The molecule has 2 rings (SSSR count). The number of nitrogens with two attached hydrogens (primary N) is 1. The van der Waals surface area contributed by atoms with Gasteiger partial charge in [0.15, 0.2) is 0 Å². The average Bonchev–Trinajstić information content (AvgIpc) is 2.42. The van der Waals surface area contributed by atoms with Gasteiger partial charge in [0.05, 0.1) is 6.04 Å². The highest BCUT2D eigenvalue weighted by molar-refractivity contribution is 5.42. The van der Waals surface area contributed by atoms with E-state index in [-0.39, 0.29) is 11.1 Å². The maximum absolute atomic E-state index is 13.8. The van der Waals surface area contributed by atoms with E-state index in [1.54, 1.807) is 6.07 Å². The van der Waals surface area contributed by atoms with Gasteiger partial charge in [0.2, 0.25) is 0 Å². The lowest BCUT2D eigenvalue weighted by Gasteiger charge is -2.21. The summed E-state index contributed by atoms with van der Waals surface area (Å²) in [5.74, 6) is 4.37. The van der Waals surface area contributed by atoms with Crippen LogP contribution in [0.4, 0.5) is 17.6 Å². The second-order valence-corrected chi connectivity index (χ2v) is 4.21. The van der Waals surface area contributed by atoms with Gasteiger partial charge in [-0.2, -0.15) is 0 Å². The molecule has 3 nitrogen and oxygen atoms in total. The Labute approximate surface area is 118 Å². The van der Waals surface area contributed by atoms with Crippen molar-refractivity contribution in [2.75, 3.05) is 0 Å². The Hall–Kier alpha value is -2.12. The molecule has 1 atom stereocenters. The Morgan fingerprint density at radius 1 is 0.952 bits per heavy atom. The Kier molecular flexibility index (Phi) is 4.44. The molecule has 0 amide bonds. The molecular weight excluding hydrogens is 288 g/mol. The van der Waals surface area contributed by atoms with Crippen molar-refractivity contribution in [1.82, 2.24) is 5.43 Å². The smallest absolute Gasteiger partial charge is 0.405 e. The minimum Gasteiger partial charge on any atom is -0.405 e. The molecule has 0 fully saturated rings. The number of para-hydroxylation sites is 1. The van der Waals surface area contributed by atoms with E-state index in [4.69, 9.17) is 5.84 Å². The van der Waals surface area contributed by atoms with Crippen molar-refractivity contribution < 1.29 is 22.3 Å². The molecule has 2 aromatic rings. The molecule has 0 heterocycles. The number of alkyl halides is 3. The molecule has 0 saturated heterocycles. The average molecular weight is 300 g/mol. The molecule has 0 saturated carbocycles. The molecule has 0 aliphatic heterocycles. The van der Waals surface area contributed by atoms with Crippen molar-refractivity contribution in [2.45, 2.75) is 12.4 Å². The van der Waals surface area contributed by atoms with E-state index >= 15 is 0 Å². The Balaban J connectivity index is 2.46. The zero-order chi connectivity index (χ0) is 15.5. The molecule has 112 valence electrons. The highest BCUT2D eigenvalue weighted by Gasteiger charge is 2.33. The standard InChI is InChI=1S/C14H12F4N2O/c15-11-7-3-1-5-9(11)13(20-19)10-6-2-4-8-12(10)21-14(16,17)18/h1-8,13,20H,19H2. The Bertz CT molecular complexity index is 616. The molecule has 0 spiro atoms. The van der Waals surface area contributed by atoms with Crippen molar-refractivity contribution in [3.8, 4) is 5.75 Å². The van der Waals surface area contributed by atoms with Crippen LogP contribution in [0.5, 0.6) is 5.75 Å². The normalized spacial score (nSPS) is 13.0. The van der Waals surface area contributed by atoms with Gasteiger partial charge in [-0.1, -0.05) is 36.4 Å². The minimum atomic E-state index is -4.84. The van der Waals surface area contributed by atoms with Crippen LogP contribution in [0, 0.1) is 5.82 Å². The largest absolute Gasteiger partial charge is 0.573 e. The highest BCUT2D eigenvalue weighted by atomic mass is 19.4. The number of nitrogens with one attached hydrogen (secondary N) is 1. The monoisotopic (exact) mass is 300 g/mol. The third-order valence-electron chi connectivity index (χ3n) is 2.84. The van der Waals surface area contributed by atoms with Gasteiger partial charge in [0, 0.05) is 11.1 Å². The van der Waals surface area contributed by atoms with Gasteiger partial charge in [0.1, 0.15) is 11.6 Å². The fourth-order valence-electron chi connectivity index (χ4n) is 1.99. The number of hydrazine groups is 1. The number of hydrogen-bond donors (Lipinski definition) is 2. The number of hydrogen-bond acceptors (Lipinski definition) is 3.